The summed E-state index contributed by atoms with van der Waals surface area (Å²) in [5.41, 5.74) is 4.21. The lowest BCUT2D eigenvalue weighted by molar-refractivity contribution is -0.137. The van der Waals surface area contributed by atoms with Crippen LogP contribution in [0.25, 0.3) is 11.1 Å². The van der Waals surface area contributed by atoms with Gasteiger partial charge in [-0.15, -0.1) is 0 Å². The summed E-state index contributed by atoms with van der Waals surface area (Å²) < 4.78 is 5.70. The number of benzene rings is 1. The summed E-state index contributed by atoms with van der Waals surface area (Å²) in [6.07, 6.45) is 8.49. The van der Waals surface area contributed by atoms with Crippen LogP contribution in [0.15, 0.2) is 55.0 Å². The van der Waals surface area contributed by atoms with Gasteiger partial charge in [0.1, 0.15) is 5.75 Å². The SMILES string of the molecule is Cc1cnccc1-c1cn[nH]c1[C@H]1CCCCN1C(=O)COc1ccccc1. The van der Waals surface area contributed by atoms with E-state index in [1.165, 1.54) is 0 Å². The number of likely N-dealkylation sites (tertiary alicyclic amines) is 1. The Hall–Kier alpha value is -3.15. The van der Waals surface area contributed by atoms with E-state index >= 15 is 0 Å². The van der Waals surface area contributed by atoms with Crippen LogP contribution in [-0.2, 0) is 4.79 Å². The van der Waals surface area contributed by atoms with E-state index in [1.54, 1.807) is 6.20 Å². The van der Waals surface area contributed by atoms with Gasteiger partial charge in [0.25, 0.3) is 5.91 Å². The third kappa shape index (κ3) is 3.76. The fourth-order valence-electron chi connectivity index (χ4n) is 3.82. The van der Waals surface area contributed by atoms with Crippen LogP contribution in [0.1, 0.15) is 36.6 Å². The van der Waals surface area contributed by atoms with Crippen LogP contribution in [0, 0.1) is 6.92 Å². The molecule has 1 aliphatic rings. The molecule has 4 rings (SSSR count). The van der Waals surface area contributed by atoms with Gasteiger partial charge in [0.2, 0.25) is 0 Å². The van der Waals surface area contributed by atoms with Gasteiger partial charge >= 0.3 is 0 Å². The predicted octanol–water partition coefficient (Wildman–Crippen LogP) is 3.91. The van der Waals surface area contributed by atoms with Gasteiger partial charge in [0.15, 0.2) is 6.61 Å². The molecule has 0 radical (unpaired) electrons. The molecule has 0 bridgehead atoms. The van der Waals surface area contributed by atoms with Crippen LogP contribution in [0.2, 0.25) is 0 Å². The molecule has 1 fully saturated rings. The van der Waals surface area contributed by atoms with Crippen LogP contribution < -0.4 is 4.74 Å². The van der Waals surface area contributed by atoms with Crippen molar-refractivity contribution in [3.63, 3.8) is 0 Å². The molecule has 6 nitrogen and oxygen atoms in total. The molecule has 1 amide bonds. The molecule has 0 spiro atoms. The normalized spacial score (nSPS) is 16.8. The van der Waals surface area contributed by atoms with Crippen molar-refractivity contribution in [2.24, 2.45) is 0 Å². The molecular formula is C22H24N4O2. The second-order valence-corrected chi connectivity index (χ2v) is 7.09. The van der Waals surface area contributed by atoms with Gasteiger partial charge in [-0.3, -0.25) is 14.9 Å². The van der Waals surface area contributed by atoms with Crippen molar-refractivity contribution in [3.8, 4) is 16.9 Å². The van der Waals surface area contributed by atoms with Crippen molar-refractivity contribution in [1.29, 1.82) is 0 Å². The summed E-state index contributed by atoms with van der Waals surface area (Å²) in [5, 5.41) is 7.44. The van der Waals surface area contributed by atoms with Crippen molar-refractivity contribution in [1.82, 2.24) is 20.1 Å². The van der Waals surface area contributed by atoms with Crippen LogP contribution in [-0.4, -0.2) is 39.1 Å². The number of ether oxygens (including phenoxy) is 1. The smallest absolute Gasteiger partial charge is 0.261 e. The van der Waals surface area contributed by atoms with Gasteiger partial charge in [-0.25, -0.2) is 0 Å². The van der Waals surface area contributed by atoms with Crippen molar-refractivity contribution in [3.05, 3.63) is 66.2 Å². The van der Waals surface area contributed by atoms with E-state index in [0.717, 1.165) is 48.2 Å². The van der Waals surface area contributed by atoms with Gasteiger partial charge < -0.3 is 9.64 Å². The molecule has 1 aliphatic heterocycles. The molecular weight excluding hydrogens is 352 g/mol. The minimum atomic E-state index is -0.0225. The first-order valence-electron chi connectivity index (χ1n) is 9.65. The molecule has 144 valence electrons. The number of pyridine rings is 1. The second-order valence-electron chi connectivity index (χ2n) is 7.09. The number of aromatic amines is 1. The summed E-state index contributed by atoms with van der Waals surface area (Å²) in [7, 11) is 0. The predicted molar refractivity (Wildman–Crippen MR) is 107 cm³/mol. The molecule has 0 unspecified atom stereocenters. The average molecular weight is 376 g/mol. The number of rotatable bonds is 5. The van der Waals surface area contributed by atoms with Gasteiger partial charge in [0, 0.05) is 24.5 Å². The lowest BCUT2D eigenvalue weighted by Crippen LogP contribution is -2.41. The van der Waals surface area contributed by atoms with Crippen LogP contribution in [0.4, 0.5) is 0 Å². The minimum Gasteiger partial charge on any atom is -0.484 e. The van der Waals surface area contributed by atoms with Crippen LogP contribution in [0.5, 0.6) is 5.75 Å². The molecule has 2 aromatic heterocycles. The lowest BCUT2D eigenvalue weighted by Gasteiger charge is -2.35. The highest BCUT2D eigenvalue weighted by molar-refractivity contribution is 5.79. The number of hydrogen-bond acceptors (Lipinski definition) is 4. The first kappa shape index (κ1) is 18.2. The lowest BCUT2D eigenvalue weighted by atomic mass is 9.93. The van der Waals surface area contributed by atoms with Gasteiger partial charge in [-0.2, -0.15) is 5.10 Å². The Labute approximate surface area is 164 Å². The Morgan fingerprint density at radius 2 is 2.04 bits per heavy atom. The van der Waals surface area contributed by atoms with E-state index in [9.17, 15) is 4.79 Å². The van der Waals surface area contributed by atoms with Gasteiger partial charge in [-0.05, 0) is 55.5 Å². The molecule has 3 heterocycles. The van der Waals surface area contributed by atoms with Crippen molar-refractivity contribution >= 4 is 5.91 Å². The van der Waals surface area contributed by atoms with Crippen molar-refractivity contribution in [2.45, 2.75) is 32.2 Å². The number of aryl methyl sites for hydroxylation is 1. The Bertz CT molecular complexity index is 938. The molecule has 3 aromatic rings. The van der Waals surface area contributed by atoms with E-state index < -0.39 is 0 Å². The number of H-pyrrole nitrogens is 1. The topological polar surface area (TPSA) is 71.1 Å². The zero-order valence-electron chi connectivity index (χ0n) is 16.0. The molecule has 1 atom stereocenters. The zero-order chi connectivity index (χ0) is 19.3. The molecule has 0 aliphatic carbocycles. The van der Waals surface area contributed by atoms with Crippen LogP contribution in [0.3, 0.4) is 0 Å². The number of piperidine rings is 1. The molecule has 1 aromatic carbocycles. The van der Waals surface area contributed by atoms with E-state index in [0.29, 0.717) is 5.75 Å². The summed E-state index contributed by atoms with van der Waals surface area (Å²) in [6.45, 7) is 2.81. The third-order valence-electron chi connectivity index (χ3n) is 5.24. The number of amides is 1. The summed E-state index contributed by atoms with van der Waals surface area (Å²) in [6, 6.07) is 11.4. The largest absolute Gasteiger partial charge is 0.484 e. The third-order valence-corrected chi connectivity index (χ3v) is 5.24. The van der Waals surface area contributed by atoms with E-state index in [-0.39, 0.29) is 18.6 Å². The Balaban J connectivity index is 1.56. The molecule has 28 heavy (non-hydrogen) atoms. The number of carbonyl (C=O) groups excluding carboxylic acids is 1. The maximum Gasteiger partial charge on any atom is 0.261 e. The van der Waals surface area contributed by atoms with E-state index in [2.05, 4.69) is 15.2 Å². The Morgan fingerprint density at radius 3 is 2.86 bits per heavy atom. The molecule has 1 saturated heterocycles. The Kier molecular flexibility index (Phi) is 5.37. The summed E-state index contributed by atoms with van der Waals surface area (Å²) in [4.78, 5) is 19.1. The number of para-hydroxylation sites is 1. The van der Waals surface area contributed by atoms with E-state index in [1.807, 2.05) is 60.6 Å². The monoisotopic (exact) mass is 376 g/mol. The highest BCUT2D eigenvalue weighted by atomic mass is 16.5. The highest BCUT2D eigenvalue weighted by Crippen LogP contribution is 2.36. The maximum absolute atomic E-state index is 12.9. The fraction of sp³-hybridized carbons (Fsp3) is 0.318. The molecule has 0 saturated carbocycles. The number of carbonyl (C=O) groups is 1. The summed E-state index contributed by atoms with van der Waals surface area (Å²) in [5.74, 6) is 0.708. The fourth-order valence-corrected chi connectivity index (χ4v) is 3.82. The number of aromatic nitrogens is 3. The molecule has 6 heteroatoms. The average Bonchev–Trinajstić information content (AvgIpc) is 3.22. The van der Waals surface area contributed by atoms with Crippen molar-refractivity contribution < 1.29 is 9.53 Å². The summed E-state index contributed by atoms with van der Waals surface area (Å²) >= 11 is 0. The minimum absolute atomic E-state index is 0.000512. The quantitative estimate of drug-likeness (QED) is 0.733. The standard InChI is InChI=1S/C22H24N4O2/c1-16-13-23-11-10-18(16)19-14-24-25-22(19)20-9-5-6-12-26(20)21(27)15-28-17-7-3-2-4-8-17/h2-4,7-8,10-11,13-14,20H,5-6,9,12,15H2,1H3,(H,24,25)/t20-/m1/s1. The van der Waals surface area contributed by atoms with E-state index in [4.69, 9.17) is 4.74 Å². The molecule has 1 N–H and O–H groups in total. The van der Waals surface area contributed by atoms with Gasteiger partial charge in [-0.1, -0.05) is 18.2 Å². The first-order valence-corrected chi connectivity index (χ1v) is 9.65. The van der Waals surface area contributed by atoms with Crippen LogP contribution >= 0.6 is 0 Å². The number of nitrogens with one attached hydrogen (secondary N) is 1. The first-order chi connectivity index (χ1) is 13.7. The second kappa shape index (κ2) is 8.25. The maximum atomic E-state index is 12.9. The van der Waals surface area contributed by atoms with Gasteiger partial charge in [0.05, 0.1) is 17.9 Å². The highest BCUT2D eigenvalue weighted by Gasteiger charge is 2.31. The number of hydrogen-bond donors (Lipinski definition) is 1. The number of nitrogens with zero attached hydrogens (tertiary/aromatic N) is 3. The van der Waals surface area contributed by atoms with Crippen molar-refractivity contribution in [2.75, 3.05) is 13.2 Å². The zero-order valence-corrected chi connectivity index (χ0v) is 16.0. The Morgan fingerprint density at radius 1 is 1.18 bits per heavy atom.